The van der Waals surface area contributed by atoms with E-state index in [1.54, 1.807) is 6.07 Å². The first-order valence-corrected chi connectivity index (χ1v) is 9.73. The largest absolute Gasteiger partial charge is 0.508 e. The fourth-order valence-electron chi connectivity index (χ4n) is 5.87. The van der Waals surface area contributed by atoms with Gasteiger partial charge in [0.1, 0.15) is 11.5 Å². The fourth-order valence-corrected chi connectivity index (χ4v) is 6.10. The second-order valence-corrected chi connectivity index (χ2v) is 8.80. The Morgan fingerprint density at radius 2 is 2.12 bits per heavy atom. The molecule has 1 saturated heterocycles. The number of hydrogen-bond acceptors (Lipinski definition) is 3. The van der Waals surface area contributed by atoms with E-state index in [1.807, 2.05) is 6.07 Å². The van der Waals surface area contributed by atoms with Crippen LogP contribution >= 0.6 is 11.6 Å². The van der Waals surface area contributed by atoms with E-state index in [9.17, 15) is 9.90 Å². The number of benzene rings is 1. The van der Waals surface area contributed by atoms with Gasteiger partial charge in [-0.25, -0.2) is 0 Å². The lowest BCUT2D eigenvalue weighted by atomic mass is 9.52. The first-order chi connectivity index (χ1) is 11.6. The molecule has 3 unspecified atom stereocenters. The van der Waals surface area contributed by atoms with Crippen LogP contribution in [0.1, 0.15) is 49.7 Å². The maximum absolute atomic E-state index is 12.4. The topological polar surface area (TPSA) is 40.5 Å². The van der Waals surface area contributed by atoms with Gasteiger partial charge in [-0.2, -0.15) is 0 Å². The minimum absolute atomic E-state index is 0.178. The molecule has 1 N–H and O–H groups in total. The Morgan fingerprint density at radius 1 is 1.29 bits per heavy atom. The molecule has 0 radical (unpaired) electrons. The van der Waals surface area contributed by atoms with E-state index in [-0.39, 0.29) is 5.41 Å². The number of hydrogen-bond donors (Lipinski definition) is 1. The second kappa shape index (κ2) is 5.22. The number of halogens is 1. The highest BCUT2D eigenvalue weighted by molar-refractivity contribution is 6.31. The molecule has 4 aliphatic rings. The van der Waals surface area contributed by atoms with Crippen LogP contribution in [0.4, 0.5) is 0 Å². The molecular formula is C20H24ClNO2. The zero-order chi connectivity index (χ0) is 16.5. The summed E-state index contributed by atoms with van der Waals surface area (Å²) >= 11 is 6.54. The van der Waals surface area contributed by atoms with Crippen LogP contribution in [0.5, 0.6) is 5.75 Å². The zero-order valence-corrected chi connectivity index (χ0v) is 14.7. The van der Waals surface area contributed by atoms with Crippen molar-refractivity contribution in [3.63, 3.8) is 0 Å². The molecule has 2 bridgehead atoms. The van der Waals surface area contributed by atoms with E-state index in [2.05, 4.69) is 4.90 Å². The van der Waals surface area contributed by atoms with Crippen molar-refractivity contribution in [2.75, 3.05) is 13.1 Å². The van der Waals surface area contributed by atoms with Gasteiger partial charge in [0.2, 0.25) is 0 Å². The van der Waals surface area contributed by atoms with Gasteiger partial charge in [0.15, 0.2) is 0 Å². The first kappa shape index (κ1) is 15.2. The maximum atomic E-state index is 12.4. The summed E-state index contributed by atoms with van der Waals surface area (Å²) in [5.41, 5.74) is 1.94. The SMILES string of the molecule is O=C1CCC2C3Cc4c(Cl)ccc(O)c4C2(CCN3CC2CC2)C1. The van der Waals surface area contributed by atoms with Crippen molar-refractivity contribution in [1.82, 2.24) is 4.90 Å². The Morgan fingerprint density at radius 3 is 2.92 bits per heavy atom. The number of rotatable bonds is 2. The molecule has 3 fully saturated rings. The summed E-state index contributed by atoms with van der Waals surface area (Å²) in [5, 5.41) is 11.4. The number of fused-ring (bicyclic) bond motifs is 1. The Labute approximate surface area is 148 Å². The van der Waals surface area contributed by atoms with Crippen molar-refractivity contribution in [1.29, 1.82) is 0 Å². The zero-order valence-electron chi connectivity index (χ0n) is 13.9. The van der Waals surface area contributed by atoms with Crippen LogP contribution in [0, 0.1) is 11.8 Å². The molecule has 0 spiro atoms. The van der Waals surface area contributed by atoms with Crippen LogP contribution < -0.4 is 0 Å². The van der Waals surface area contributed by atoms with Crippen molar-refractivity contribution in [2.24, 2.45) is 11.8 Å². The molecule has 1 heterocycles. The molecule has 1 aromatic rings. The molecule has 2 saturated carbocycles. The number of aromatic hydroxyl groups is 1. The fraction of sp³-hybridized carbons (Fsp3) is 0.650. The van der Waals surface area contributed by atoms with Crippen LogP contribution in [0.15, 0.2) is 12.1 Å². The van der Waals surface area contributed by atoms with E-state index in [1.165, 1.54) is 19.4 Å². The third-order valence-electron chi connectivity index (χ3n) is 7.07. The van der Waals surface area contributed by atoms with Crippen molar-refractivity contribution in [2.45, 2.75) is 56.4 Å². The van der Waals surface area contributed by atoms with Crippen LogP contribution in [-0.2, 0) is 16.6 Å². The third kappa shape index (κ3) is 2.10. The Hall–Kier alpha value is -1.06. The van der Waals surface area contributed by atoms with E-state index in [4.69, 9.17) is 11.6 Å². The maximum Gasteiger partial charge on any atom is 0.133 e. The smallest absolute Gasteiger partial charge is 0.133 e. The van der Waals surface area contributed by atoms with Gasteiger partial charge >= 0.3 is 0 Å². The van der Waals surface area contributed by atoms with Gasteiger partial charge in [-0.05, 0) is 68.2 Å². The quantitative estimate of drug-likeness (QED) is 0.888. The Bertz CT molecular complexity index is 714. The van der Waals surface area contributed by atoms with Crippen LogP contribution in [0.25, 0.3) is 0 Å². The molecule has 3 atom stereocenters. The molecule has 5 rings (SSSR count). The van der Waals surface area contributed by atoms with E-state index < -0.39 is 0 Å². The summed E-state index contributed by atoms with van der Waals surface area (Å²) in [7, 11) is 0. The number of nitrogens with zero attached hydrogens (tertiary/aromatic N) is 1. The van der Waals surface area contributed by atoms with Gasteiger partial charge in [0, 0.05) is 41.4 Å². The number of ketones is 1. The Kier molecular flexibility index (Phi) is 3.31. The molecule has 1 aromatic carbocycles. The molecule has 3 nitrogen and oxygen atoms in total. The van der Waals surface area contributed by atoms with Gasteiger partial charge < -0.3 is 5.11 Å². The van der Waals surface area contributed by atoms with E-state index in [0.29, 0.717) is 36.3 Å². The highest BCUT2D eigenvalue weighted by Crippen LogP contribution is 2.58. The van der Waals surface area contributed by atoms with Gasteiger partial charge in [-0.1, -0.05) is 11.6 Å². The molecule has 0 aromatic heterocycles. The van der Waals surface area contributed by atoms with Gasteiger partial charge in [0.05, 0.1) is 0 Å². The lowest BCUT2D eigenvalue weighted by molar-refractivity contribution is -0.127. The third-order valence-corrected chi connectivity index (χ3v) is 7.42. The molecule has 0 amide bonds. The lowest BCUT2D eigenvalue weighted by Crippen LogP contribution is -2.62. The number of phenolic OH excluding ortho intramolecular Hbond substituents is 1. The van der Waals surface area contributed by atoms with Crippen molar-refractivity contribution in [3.05, 3.63) is 28.3 Å². The molecule has 4 heteroatoms. The van der Waals surface area contributed by atoms with E-state index >= 15 is 0 Å². The lowest BCUT2D eigenvalue weighted by Gasteiger charge is -2.58. The van der Waals surface area contributed by atoms with Gasteiger partial charge in [-0.15, -0.1) is 0 Å². The van der Waals surface area contributed by atoms with Crippen molar-refractivity contribution < 1.29 is 9.90 Å². The highest BCUT2D eigenvalue weighted by Gasteiger charge is 2.57. The minimum Gasteiger partial charge on any atom is -0.508 e. The number of phenols is 1. The number of Topliss-reactive ketones (excluding diaryl/α,β-unsaturated/α-hetero) is 1. The summed E-state index contributed by atoms with van der Waals surface area (Å²) in [4.78, 5) is 15.0. The van der Waals surface area contributed by atoms with Crippen molar-refractivity contribution >= 4 is 17.4 Å². The first-order valence-electron chi connectivity index (χ1n) is 9.35. The molecule has 24 heavy (non-hydrogen) atoms. The average molecular weight is 346 g/mol. The molecular weight excluding hydrogens is 322 g/mol. The van der Waals surface area contributed by atoms with Gasteiger partial charge in [-0.3, -0.25) is 9.69 Å². The average Bonchev–Trinajstić information content (AvgIpc) is 3.36. The number of piperidine rings is 1. The summed E-state index contributed by atoms with van der Waals surface area (Å²) in [6.07, 6.45) is 6.91. The summed E-state index contributed by atoms with van der Waals surface area (Å²) < 4.78 is 0. The monoisotopic (exact) mass is 345 g/mol. The standard InChI is InChI=1S/C20H24ClNO2/c21-16-5-6-18(24)19-14(16)9-17-15-4-3-13(23)10-20(15,19)7-8-22(17)11-12-1-2-12/h5-6,12,15,17,24H,1-4,7-11H2. The number of carbonyl (C=O) groups is 1. The summed E-state index contributed by atoms with van der Waals surface area (Å²) in [6, 6.07) is 4.03. The minimum atomic E-state index is -0.178. The normalized spacial score (nSPS) is 35.5. The van der Waals surface area contributed by atoms with E-state index in [0.717, 1.165) is 47.9 Å². The Balaban J connectivity index is 1.65. The predicted molar refractivity (Wildman–Crippen MR) is 93.5 cm³/mol. The van der Waals surface area contributed by atoms with Crippen LogP contribution in [0.2, 0.25) is 5.02 Å². The second-order valence-electron chi connectivity index (χ2n) is 8.40. The summed E-state index contributed by atoms with van der Waals surface area (Å²) in [6.45, 7) is 2.26. The van der Waals surface area contributed by atoms with Crippen molar-refractivity contribution in [3.8, 4) is 5.75 Å². The molecule has 128 valence electrons. The highest BCUT2D eigenvalue weighted by atomic mass is 35.5. The molecule has 1 aliphatic heterocycles. The van der Waals surface area contributed by atoms with Crippen LogP contribution in [0.3, 0.4) is 0 Å². The molecule has 3 aliphatic carbocycles. The predicted octanol–water partition coefficient (Wildman–Crippen LogP) is 3.69. The summed E-state index contributed by atoms with van der Waals surface area (Å²) in [5.74, 6) is 2.07. The number of likely N-dealkylation sites (tertiary alicyclic amines) is 1. The van der Waals surface area contributed by atoms with Gasteiger partial charge in [0.25, 0.3) is 0 Å². The number of carbonyl (C=O) groups excluding carboxylic acids is 1. The van der Waals surface area contributed by atoms with Crippen LogP contribution in [-0.4, -0.2) is 34.9 Å².